The second kappa shape index (κ2) is 16.7. The SMILES string of the molecule is CCCCCCCCC=CCCCCCCCC(O)O. The molecule has 0 aromatic heterocycles. The van der Waals surface area contributed by atoms with Gasteiger partial charge in [-0.25, -0.2) is 0 Å². The first kappa shape index (κ1) is 19.7. The third-order valence-electron chi connectivity index (χ3n) is 3.72. The number of aliphatic hydroxyl groups is 2. The summed E-state index contributed by atoms with van der Waals surface area (Å²) in [4.78, 5) is 0. The number of rotatable bonds is 15. The Morgan fingerprint density at radius 2 is 1.10 bits per heavy atom. The molecule has 0 amide bonds. The lowest BCUT2D eigenvalue weighted by Gasteiger charge is -2.02. The Bertz CT molecular complexity index is 200. The second-order valence-corrected chi connectivity index (χ2v) is 5.85. The van der Waals surface area contributed by atoms with Crippen molar-refractivity contribution in [3.05, 3.63) is 12.2 Å². The van der Waals surface area contributed by atoms with Gasteiger partial charge in [0.05, 0.1) is 0 Å². The van der Waals surface area contributed by atoms with E-state index in [1.165, 1.54) is 70.6 Å². The van der Waals surface area contributed by atoms with Crippen molar-refractivity contribution in [2.75, 3.05) is 0 Å². The van der Waals surface area contributed by atoms with E-state index in [-0.39, 0.29) is 0 Å². The van der Waals surface area contributed by atoms with Gasteiger partial charge in [0, 0.05) is 0 Å². The summed E-state index contributed by atoms with van der Waals surface area (Å²) in [5.74, 6) is 0. The normalized spacial score (nSPS) is 11.8. The predicted octanol–water partition coefficient (Wildman–Crippen LogP) is 5.33. The second-order valence-electron chi connectivity index (χ2n) is 5.85. The van der Waals surface area contributed by atoms with Gasteiger partial charge in [-0.15, -0.1) is 0 Å². The molecule has 0 radical (unpaired) electrons. The van der Waals surface area contributed by atoms with Crippen LogP contribution in [0, 0.1) is 0 Å². The highest BCUT2D eigenvalue weighted by atomic mass is 16.5. The van der Waals surface area contributed by atoms with Gasteiger partial charge in [-0.2, -0.15) is 0 Å². The highest BCUT2D eigenvalue weighted by molar-refractivity contribution is 4.81. The number of aliphatic hydroxyl groups excluding tert-OH is 1. The Morgan fingerprint density at radius 3 is 1.60 bits per heavy atom. The summed E-state index contributed by atoms with van der Waals surface area (Å²) >= 11 is 0. The van der Waals surface area contributed by atoms with Crippen LogP contribution in [0.25, 0.3) is 0 Å². The summed E-state index contributed by atoms with van der Waals surface area (Å²) in [5, 5.41) is 17.4. The van der Waals surface area contributed by atoms with Crippen molar-refractivity contribution in [2.45, 2.75) is 103 Å². The zero-order valence-electron chi connectivity index (χ0n) is 13.5. The van der Waals surface area contributed by atoms with Crippen molar-refractivity contribution in [3.8, 4) is 0 Å². The molecule has 0 saturated heterocycles. The summed E-state index contributed by atoms with van der Waals surface area (Å²) < 4.78 is 0. The van der Waals surface area contributed by atoms with Gasteiger partial charge in [-0.1, -0.05) is 70.4 Å². The van der Waals surface area contributed by atoms with E-state index in [1.54, 1.807) is 0 Å². The molecule has 120 valence electrons. The molecule has 0 saturated carbocycles. The van der Waals surface area contributed by atoms with Crippen molar-refractivity contribution in [2.24, 2.45) is 0 Å². The molecule has 0 bridgehead atoms. The number of allylic oxidation sites excluding steroid dienone is 2. The molecule has 0 fully saturated rings. The van der Waals surface area contributed by atoms with Crippen molar-refractivity contribution < 1.29 is 10.2 Å². The third-order valence-corrected chi connectivity index (χ3v) is 3.72. The molecule has 2 nitrogen and oxygen atoms in total. The molecule has 0 heterocycles. The van der Waals surface area contributed by atoms with Crippen LogP contribution in [0.1, 0.15) is 96.8 Å². The van der Waals surface area contributed by atoms with Crippen LogP contribution < -0.4 is 0 Å². The molecular formula is C18H36O2. The Balaban J connectivity index is 3.05. The molecular weight excluding hydrogens is 248 g/mol. The standard InChI is InChI=1S/C18H36O2/c1-2-3-4-5-6-7-8-9-10-11-12-13-14-15-16-17-18(19)20/h9-10,18-20H,2-8,11-17H2,1H3. The summed E-state index contributed by atoms with van der Waals surface area (Å²) in [5.41, 5.74) is 0. The Kier molecular flexibility index (Phi) is 16.4. The zero-order chi connectivity index (χ0) is 14.9. The molecule has 2 N–H and O–H groups in total. The fourth-order valence-electron chi connectivity index (χ4n) is 2.40. The fourth-order valence-corrected chi connectivity index (χ4v) is 2.40. The smallest absolute Gasteiger partial charge is 0.151 e. The molecule has 0 aromatic rings. The topological polar surface area (TPSA) is 40.5 Å². The Morgan fingerprint density at radius 1 is 0.650 bits per heavy atom. The van der Waals surface area contributed by atoms with Crippen LogP contribution in [0.15, 0.2) is 12.2 Å². The maximum absolute atomic E-state index is 8.70. The number of hydrogen-bond acceptors (Lipinski definition) is 2. The largest absolute Gasteiger partial charge is 0.368 e. The van der Waals surface area contributed by atoms with E-state index < -0.39 is 6.29 Å². The summed E-state index contributed by atoms with van der Waals surface area (Å²) in [6.07, 6.45) is 20.7. The van der Waals surface area contributed by atoms with E-state index in [2.05, 4.69) is 19.1 Å². The van der Waals surface area contributed by atoms with Crippen molar-refractivity contribution >= 4 is 0 Å². The lowest BCUT2D eigenvalue weighted by atomic mass is 10.1. The molecule has 0 unspecified atom stereocenters. The first-order valence-corrected chi connectivity index (χ1v) is 8.78. The molecule has 20 heavy (non-hydrogen) atoms. The zero-order valence-corrected chi connectivity index (χ0v) is 13.5. The van der Waals surface area contributed by atoms with Gasteiger partial charge in [-0.05, 0) is 38.5 Å². The van der Waals surface area contributed by atoms with Gasteiger partial charge in [0.2, 0.25) is 0 Å². The van der Waals surface area contributed by atoms with Gasteiger partial charge in [0.15, 0.2) is 6.29 Å². The van der Waals surface area contributed by atoms with E-state index in [1.807, 2.05) is 0 Å². The molecule has 0 spiro atoms. The van der Waals surface area contributed by atoms with Crippen LogP contribution in [-0.4, -0.2) is 16.5 Å². The van der Waals surface area contributed by atoms with Gasteiger partial charge in [0.25, 0.3) is 0 Å². The van der Waals surface area contributed by atoms with Gasteiger partial charge in [-0.3, -0.25) is 0 Å². The Hall–Kier alpha value is -0.340. The molecule has 0 aliphatic heterocycles. The predicted molar refractivity (Wildman–Crippen MR) is 87.7 cm³/mol. The van der Waals surface area contributed by atoms with Gasteiger partial charge in [0.1, 0.15) is 0 Å². The van der Waals surface area contributed by atoms with Crippen LogP contribution in [0.3, 0.4) is 0 Å². The lowest BCUT2D eigenvalue weighted by molar-refractivity contribution is -0.0466. The number of unbranched alkanes of at least 4 members (excludes halogenated alkanes) is 11. The van der Waals surface area contributed by atoms with E-state index in [0.29, 0.717) is 6.42 Å². The molecule has 0 rings (SSSR count). The minimum absolute atomic E-state index is 0.526. The molecule has 0 atom stereocenters. The van der Waals surface area contributed by atoms with Crippen molar-refractivity contribution in [1.82, 2.24) is 0 Å². The quantitative estimate of drug-likeness (QED) is 0.242. The first-order chi connectivity index (χ1) is 9.77. The van der Waals surface area contributed by atoms with Crippen LogP contribution in [0.4, 0.5) is 0 Å². The number of hydrogen-bond donors (Lipinski definition) is 2. The average molecular weight is 284 g/mol. The van der Waals surface area contributed by atoms with Crippen LogP contribution in [0.2, 0.25) is 0 Å². The maximum Gasteiger partial charge on any atom is 0.151 e. The average Bonchev–Trinajstić information content (AvgIpc) is 2.43. The third kappa shape index (κ3) is 17.7. The van der Waals surface area contributed by atoms with E-state index >= 15 is 0 Å². The van der Waals surface area contributed by atoms with Crippen LogP contribution in [0.5, 0.6) is 0 Å². The fraction of sp³-hybridized carbons (Fsp3) is 0.889. The monoisotopic (exact) mass is 284 g/mol. The molecule has 2 heteroatoms. The summed E-state index contributed by atoms with van der Waals surface area (Å²) in [7, 11) is 0. The Labute approximate surface area is 126 Å². The van der Waals surface area contributed by atoms with Crippen LogP contribution >= 0.6 is 0 Å². The maximum atomic E-state index is 8.70. The molecule has 0 aliphatic rings. The van der Waals surface area contributed by atoms with Crippen molar-refractivity contribution in [1.29, 1.82) is 0 Å². The summed E-state index contributed by atoms with van der Waals surface area (Å²) in [6.45, 7) is 2.26. The minimum Gasteiger partial charge on any atom is -0.368 e. The van der Waals surface area contributed by atoms with Gasteiger partial charge >= 0.3 is 0 Å². The first-order valence-electron chi connectivity index (χ1n) is 8.78. The summed E-state index contributed by atoms with van der Waals surface area (Å²) in [6, 6.07) is 0. The molecule has 0 aliphatic carbocycles. The lowest BCUT2D eigenvalue weighted by Crippen LogP contribution is -2.02. The van der Waals surface area contributed by atoms with E-state index in [9.17, 15) is 0 Å². The minimum atomic E-state index is -1.11. The van der Waals surface area contributed by atoms with E-state index in [4.69, 9.17) is 10.2 Å². The van der Waals surface area contributed by atoms with Gasteiger partial charge < -0.3 is 10.2 Å². The highest BCUT2D eigenvalue weighted by Gasteiger charge is 1.96. The van der Waals surface area contributed by atoms with Crippen LogP contribution in [-0.2, 0) is 0 Å². The van der Waals surface area contributed by atoms with E-state index in [0.717, 1.165) is 12.8 Å². The highest BCUT2D eigenvalue weighted by Crippen LogP contribution is 2.10. The molecule has 0 aromatic carbocycles. The van der Waals surface area contributed by atoms with Crippen molar-refractivity contribution in [3.63, 3.8) is 0 Å².